The third kappa shape index (κ3) is 3.75. The Hall–Kier alpha value is -1.30. The van der Waals surface area contributed by atoms with E-state index < -0.39 is 24.2 Å². The van der Waals surface area contributed by atoms with Gasteiger partial charge in [0.1, 0.15) is 6.10 Å². The Morgan fingerprint density at radius 2 is 1.77 bits per heavy atom. The van der Waals surface area contributed by atoms with Gasteiger partial charge in [0, 0.05) is 0 Å². The number of primary amides is 2. The van der Waals surface area contributed by atoms with Crippen molar-refractivity contribution in [2.45, 2.75) is 26.1 Å². The highest BCUT2D eigenvalue weighted by Gasteiger charge is 2.29. The summed E-state index contributed by atoms with van der Waals surface area (Å²) in [5.74, 6) is -1.19. The van der Waals surface area contributed by atoms with Crippen molar-refractivity contribution in [3.63, 3.8) is 0 Å². The fraction of sp³-hybridized carbons (Fsp3) is 0.714. The zero-order valence-corrected chi connectivity index (χ0v) is 7.56. The molecule has 5 N–H and O–H groups in total. The van der Waals surface area contributed by atoms with Crippen LogP contribution in [0.25, 0.3) is 0 Å². The number of ether oxygens (including phenoxy) is 1. The van der Waals surface area contributed by atoms with Crippen LogP contribution >= 0.6 is 0 Å². The first-order chi connectivity index (χ1) is 5.86. The highest BCUT2D eigenvalue weighted by atomic mass is 16.6. The summed E-state index contributed by atoms with van der Waals surface area (Å²) >= 11 is 0. The molecule has 13 heavy (non-hydrogen) atoms. The quantitative estimate of drug-likeness (QED) is 0.524. The number of aliphatic hydroxyl groups is 1. The lowest BCUT2D eigenvalue weighted by Crippen LogP contribution is -2.45. The van der Waals surface area contributed by atoms with Gasteiger partial charge in [-0.1, -0.05) is 13.8 Å². The van der Waals surface area contributed by atoms with Crippen LogP contribution in [0.1, 0.15) is 13.8 Å². The fourth-order valence-corrected chi connectivity index (χ4v) is 0.861. The maximum atomic E-state index is 10.6. The van der Waals surface area contributed by atoms with E-state index in [9.17, 15) is 14.7 Å². The minimum absolute atomic E-state index is 0.241. The van der Waals surface area contributed by atoms with Crippen molar-refractivity contribution in [2.75, 3.05) is 0 Å². The third-order valence-corrected chi connectivity index (χ3v) is 1.51. The van der Waals surface area contributed by atoms with Gasteiger partial charge in [0.2, 0.25) is 5.91 Å². The molecule has 2 amide bonds. The molecule has 2 atom stereocenters. The Labute approximate surface area is 75.8 Å². The van der Waals surface area contributed by atoms with Crippen LogP contribution in [0.3, 0.4) is 0 Å². The first-order valence-corrected chi connectivity index (χ1v) is 3.79. The van der Waals surface area contributed by atoms with Crippen LogP contribution < -0.4 is 11.5 Å². The molecule has 2 unspecified atom stereocenters. The highest BCUT2D eigenvalue weighted by molar-refractivity contribution is 5.79. The molecule has 76 valence electrons. The molecular weight excluding hydrogens is 176 g/mol. The van der Waals surface area contributed by atoms with E-state index in [4.69, 9.17) is 11.5 Å². The predicted octanol–water partition coefficient (Wildman–Crippen LogP) is -1.05. The molecule has 0 saturated carbocycles. The second-order valence-electron chi connectivity index (χ2n) is 2.99. The second-order valence-corrected chi connectivity index (χ2v) is 2.99. The summed E-state index contributed by atoms with van der Waals surface area (Å²) in [6.45, 7) is 3.33. The van der Waals surface area contributed by atoms with E-state index in [0.717, 1.165) is 0 Å². The van der Waals surface area contributed by atoms with E-state index in [0.29, 0.717) is 0 Å². The van der Waals surface area contributed by atoms with Gasteiger partial charge in [-0.3, -0.25) is 4.79 Å². The van der Waals surface area contributed by atoms with Crippen LogP contribution in [-0.4, -0.2) is 29.3 Å². The summed E-state index contributed by atoms with van der Waals surface area (Å²) in [5.41, 5.74) is 9.57. The van der Waals surface area contributed by atoms with Gasteiger partial charge >= 0.3 is 6.09 Å². The number of carbonyl (C=O) groups excluding carboxylic acids is 2. The van der Waals surface area contributed by atoms with Crippen LogP contribution in [-0.2, 0) is 9.53 Å². The van der Waals surface area contributed by atoms with Crippen LogP contribution in [0, 0.1) is 5.92 Å². The van der Waals surface area contributed by atoms with E-state index >= 15 is 0 Å². The summed E-state index contributed by atoms with van der Waals surface area (Å²) in [7, 11) is 0. The molecule has 0 fully saturated rings. The average Bonchev–Trinajstić information content (AvgIpc) is 1.97. The number of nitrogens with two attached hydrogens (primary N) is 2. The third-order valence-electron chi connectivity index (χ3n) is 1.51. The normalized spacial score (nSPS) is 15.1. The molecule has 0 aliphatic heterocycles. The van der Waals surface area contributed by atoms with Crippen molar-refractivity contribution in [1.82, 2.24) is 0 Å². The molecule has 0 aliphatic rings. The van der Waals surface area contributed by atoms with Gasteiger partial charge in [-0.15, -0.1) is 0 Å². The van der Waals surface area contributed by atoms with Gasteiger partial charge < -0.3 is 21.3 Å². The molecule has 0 aliphatic carbocycles. The molecule has 0 aromatic rings. The number of hydrogen-bond acceptors (Lipinski definition) is 4. The van der Waals surface area contributed by atoms with E-state index in [-0.39, 0.29) is 5.92 Å². The lowest BCUT2D eigenvalue weighted by atomic mass is 10.0. The number of amides is 2. The Balaban J connectivity index is 4.41. The SMILES string of the molecule is CC(C)C(OC(N)=O)C(O)C(N)=O. The molecular formula is C7H14N2O4. The van der Waals surface area contributed by atoms with Gasteiger partial charge in [-0.25, -0.2) is 4.79 Å². The summed E-state index contributed by atoms with van der Waals surface area (Å²) < 4.78 is 4.52. The predicted molar refractivity (Wildman–Crippen MR) is 44.5 cm³/mol. The van der Waals surface area contributed by atoms with Crippen molar-refractivity contribution < 1.29 is 19.4 Å². The van der Waals surface area contributed by atoms with E-state index in [1.165, 1.54) is 0 Å². The Kier molecular flexibility index (Phi) is 4.19. The Morgan fingerprint density at radius 1 is 1.31 bits per heavy atom. The Morgan fingerprint density at radius 3 is 2.00 bits per heavy atom. The van der Waals surface area contributed by atoms with Crippen LogP contribution in [0.15, 0.2) is 0 Å². The van der Waals surface area contributed by atoms with Gasteiger partial charge in [-0.2, -0.15) is 0 Å². The number of aliphatic hydroxyl groups excluding tert-OH is 1. The van der Waals surface area contributed by atoms with Gasteiger partial charge in [-0.05, 0) is 5.92 Å². The van der Waals surface area contributed by atoms with Crippen LogP contribution in [0.4, 0.5) is 4.79 Å². The van der Waals surface area contributed by atoms with Crippen molar-refractivity contribution in [2.24, 2.45) is 17.4 Å². The van der Waals surface area contributed by atoms with Crippen LogP contribution in [0.5, 0.6) is 0 Å². The zero-order valence-electron chi connectivity index (χ0n) is 7.56. The summed E-state index contributed by atoms with van der Waals surface area (Å²) in [6, 6.07) is 0. The number of rotatable bonds is 4. The number of hydrogen-bond donors (Lipinski definition) is 3. The van der Waals surface area contributed by atoms with Crippen molar-refractivity contribution in [1.29, 1.82) is 0 Å². The molecule has 6 nitrogen and oxygen atoms in total. The van der Waals surface area contributed by atoms with Gasteiger partial charge in [0.15, 0.2) is 6.10 Å². The lowest BCUT2D eigenvalue weighted by Gasteiger charge is -2.23. The molecule has 0 spiro atoms. The smallest absolute Gasteiger partial charge is 0.404 e. The van der Waals surface area contributed by atoms with Gasteiger partial charge in [0.05, 0.1) is 0 Å². The average molecular weight is 190 g/mol. The second kappa shape index (κ2) is 4.66. The summed E-state index contributed by atoms with van der Waals surface area (Å²) in [6.07, 6.45) is -3.55. The maximum Gasteiger partial charge on any atom is 0.404 e. The summed E-state index contributed by atoms with van der Waals surface area (Å²) in [4.78, 5) is 20.9. The minimum atomic E-state index is -1.52. The van der Waals surface area contributed by atoms with E-state index in [1.54, 1.807) is 13.8 Å². The van der Waals surface area contributed by atoms with E-state index in [1.807, 2.05) is 0 Å². The first-order valence-electron chi connectivity index (χ1n) is 3.79. The molecule has 6 heteroatoms. The zero-order chi connectivity index (χ0) is 10.6. The molecule has 0 radical (unpaired) electrons. The molecule has 0 saturated heterocycles. The maximum absolute atomic E-state index is 10.6. The molecule has 0 rings (SSSR count). The number of carbonyl (C=O) groups is 2. The molecule has 0 bridgehead atoms. The highest BCUT2D eigenvalue weighted by Crippen LogP contribution is 2.10. The largest absolute Gasteiger partial charge is 0.443 e. The van der Waals surface area contributed by atoms with Crippen LogP contribution in [0.2, 0.25) is 0 Å². The fourth-order valence-electron chi connectivity index (χ4n) is 0.861. The molecule has 0 aromatic carbocycles. The summed E-state index contributed by atoms with van der Waals surface area (Å²) in [5, 5.41) is 9.20. The Bertz CT molecular complexity index is 205. The first kappa shape index (κ1) is 11.7. The van der Waals surface area contributed by atoms with E-state index in [2.05, 4.69) is 4.74 Å². The molecule has 0 aromatic heterocycles. The topological polar surface area (TPSA) is 116 Å². The molecule has 0 heterocycles. The van der Waals surface area contributed by atoms with Crippen molar-refractivity contribution >= 4 is 12.0 Å². The monoisotopic (exact) mass is 190 g/mol. The van der Waals surface area contributed by atoms with Crippen molar-refractivity contribution in [3.8, 4) is 0 Å². The van der Waals surface area contributed by atoms with Gasteiger partial charge in [0.25, 0.3) is 0 Å². The van der Waals surface area contributed by atoms with Crippen molar-refractivity contribution in [3.05, 3.63) is 0 Å². The standard InChI is InChI=1S/C7H14N2O4/c1-3(2)5(13-7(9)12)4(10)6(8)11/h3-5,10H,1-2H3,(H2,8,11)(H2,9,12). The lowest BCUT2D eigenvalue weighted by molar-refractivity contribution is -0.133. The minimum Gasteiger partial charge on any atom is -0.443 e.